The summed E-state index contributed by atoms with van der Waals surface area (Å²) in [6.45, 7) is 4.53. The SMILES string of the molecule is O=C(NCc1ccc(OCCN2CCCC2)cc1)Nc1cn[nH]c1. The van der Waals surface area contributed by atoms with Gasteiger partial charge < -0.3 is 15.4 Å². The van der Waals surface area contributed by atoms with Gasteiger partial charge in [-0.25, -0.2) is 4.79 Å². The van der Waals surface area contributed by atoms with E-state index in [0.717, 1.165) is 17.9 Å². The van der Waals surface area contributed by atoms with Crippen LogP contribution in [0.4, 0.5) is 10.5 Å². The lowest BCUT2D eigenvalue weighted by Crippen LogP contribution is -2.28. The predicted octanol–water partition coefficient (Wildman–Crippen LogP) is 2.21. The van der Waals surface area contributed by atoms with Crippen molar-refractivity contribution in [1.82, 2.24) is 20.4 Å². The molecule has 128 valence electrons. The number of amides is 2. The second kappa shape index (κ2) is 8.35. The first kappa shape index (κ1) is 16.3. The molecule has 7 nitrogen and oxygen atoms in total. The lowest BCUT2D eigenvalue weighted by atomic mass is 10.2. The van der Waals surface area contributed by atoms with Crippen molar-refractivity contribution < 1.29 is 9.53 Å². The van der Waals surface area contributed by atoms with Gasteiger partial charge in [0.15, 0.2) is 0 Å². The number of rotatable bonds is 7. The van der Waals surface area contributed by atoms with E-state index in [4.69, 9.17) is 4.74 Å². The van der Waals surface area contributed by atoms with Gasteiger partial charge in [-0.3, -0.25) is 10.00 Å². The largest absolute Gasteiger partial charge is 0.492 e. The molecule has 7 heteroatoms. The zero-order valence-electron chi connectivity index (χ0n) is 13.6. The summed E-state index contributed by atoms with van der Waals surface area (Å²) in [5, 5.41) is 11.9. The number of carbonyl (C=O) groups is 1. The number of nitrogens with zero attached hydrogens (tertiary/aromatic N) is 2. The van der Waals surface area contributed by atoms with Gasteiger partial charge in [0.05, 0.1) is 11.9 Å². The van der Waals surface area contributed by atoms with Crippen molar-refractivity contribution >= 4 is 11.7 Å². The quantitative estimate of drug-likeness (QED) is 0.727. The standard InChI is InChI=1S/C17H23N5O2/c23-17(21-15-12-19-20-13-15)18-11-14-3-5-16(6-4-14)24-10-9-22-7-1-2-8-22/h3-6,12-13H,1-2,7-11H2,(H,19,20)(H2,18,21,23). The Morgan fingerprint density at radius 2 is 2.04 bits per heavy atom. The Balaban J connectivity index is 1.36. The molecule has 0 aliphatic carbocycles. The van der Waals surface area contributed by atoms with E-state index in [2.05, 4.69) is 25.7 Å². The number of nitrogens with one attached hydrogen (secondary N) is 3. The molecule has 0 radical (unpaired) electrons. The van der Waals surface area contributed by atoms with E-state index in [0.29, 0.717) is 18.8 Å². The average Bonchev–Trinajstić information content (AvgIpc) is 3.28. The van der Waals surface area contributed by atoms with Crippen molar-refractivity contribution in [3.05, 3.63) is 42.2 Å². The van der Waals surface area contributed by atoms with Gasteiger partial charge in [-0.1, -0.05) is 12.1 Å². The third kappa shape index (κ3) is 4.99. The molecule has 0 spiro atoms. The summed E-state index contributed by atoms with van der Waals surface area (Å²) in [7, 11) is 0. The van der Waals surface area contributed by atoms with Crippen LogP contribution in [0.3, 0.4) is 0 Å². The molecule has 0 atom stereocenters. The van der Waals surface area contributed by atoms with Crippen LogP contribution >= 0.6 is 0 Å². The van der Waals surface area contributed by atoms with Gasteiger partial charge in [0.25, 0.3) is 0 Å². The number of hydrogen-bond donors (Lipinski definition) is 3. The number of hydrogen-bond acceptors (Lipinski definition) is 4. The molecule has 1 aliphatic rings. The number of benzene rings is 1. The number of anilines is 1. The first-order valence-corrected chi connectivity index (χ1v) is 8.27. The van der Waals surface area contributed by atoms with Gasteiger partial charge >= 0.3 is 6.03 Å². The second-order valence-corrected chi connectivity index (χ2v) is 5.84. The molecule has 1 aliphatic heterocycles. The fourth-order valence-corrected chi connectivity index (χ4v) is 2.68. The van der Waals surface area contributed by atoms with Gasteiger partial charge in [0.1, 0.15) is 12.4 Å². The molecule has 3 rings (SSSR count). The summed E-state index contributed by atoms with van der Waals surface area (Å²) < 4.78 is 5.77. The highest BCUT2D eigenvalue weighted by atomic mass is 16.5. The third-order valence-corrected chi connectivity index (χ3v) is 4.01. The van der Waals surface area contributed by atoms with Crippen molar-refractivity contribution in [3.63, 3.8) is 0 Å². The highest BCUT2D eigenvalue weighted by Gasteiger charge is 2.10. The number of ether oxygens (including phenoxy) is 1. The third-order valence-electron chi connectivity index (χ3n) is 4.01. The summed E-state index contributed by atoms with van der Waals surface area (Å²) in [5.41, 5.74) is 1.65. The minimum absolute atomic E-state index is 0.262. The van der Waals surface area contributed by atoms with Crippen LogP contribution in [-0.2, 0) is 6.54 Å². The average molecular weight is 329 g/mol. The Morgan fingerprint density at radius 1 is 1.25 bits per heavy atom. The van der Waals surface area contributed by atoms with E-state index < -0.39 is 0 Å². The fraction of sp³-hybridized carbons (Fsp3) is 0.412. The Labute approximate surface area is 141 Å². The van der Waals surface area contributed by atoms with Crippen LogP contribution in [0, 0.1) is 0 Å². The van der Waals surface area contributed by atoms with Gasteiger partial charge in [-0.15, -0.1) is 0 Å². The lowest BCUT2D eigenvalue weighted by Gasteiger charge is -2.15. The van der Waals surface area contributed by atoms with E-state index in [1.54, 1.807) is 12.4 Å². The number of H-pyrrole nitrogens is 1. The van der Waals surface area contributed by atoms with Crippen molar-refractivity contribution in [2.45, 2.75) is 19.4 Å². The smallest absolute Gasteiger partial charge is 0.319 e. The molecule has 2 amide bonds. The maximum atomic E-state index is 11.7. The molecule has 3 N–H and O–H groups in total. The molecule has 1 fully saturated rings. The van der Waals surface area contributed by atoms with E-state index in [1.807, 2.05) is 24.3 Å². The number of likely N-dealkylation sites (tertiary alicyclic amines) is 1. The zero-order valence-corrected chi connectivity index (χ0v) is 13.6. The summed E-state index contributed by atoms with van der Waals surface area (Å²) in [6.07, 6.45) is 5.77. The van der Waals surface area contributed by atoms with Crippen LogP contribution in [0.2, 0.25) is 0 Å². The Morgan fingerprint density at radius 3 is 2.75 bits per heavy atom. The molecule has 1 aromatic heterocycles. The first-order chi connectivity index (χ1) is 11.8. The number of urea groups is 1. The van der Waals surface area contributed by atoms with Crippen LogP contribution in [0.1, 0.15) is 18.4 Å². The highest BCUT2D eigenvalue weighted by molar-refractivity contribution is 5.88. The Kier molecular flexibility index (Phi) is 5.68. The minimum atomic E-state index is -0.262. The molecule has 1 saturated heterocycles. The van der Waals surface area contributed by atoms with Crippen LogP contribution in [0.5, 0.6) is 5.75 Å². The fourth-order valence-electron chi connectivity index (χ4n) is 2.68. The van der Waals surface area contributed by atoms with Crippen LogP contribution in [0.25, 0.3) is 0 Å². The van der Waals surface area contributed by atoms with E-state index in [1.165, 1.54) is 25.9 Å². The van der Waals surface area contributed by atoms with Crippen molar-refractivity contribution in [3.8, 4) is 5.75 Å². The second-order valence-electron chi connectivity index (χ2n) is 5.84. The minimum Gasteiger partial charge on any atom is -0.492 e. The number of aromatic nitrogens is 2. The molecule has 1 aromatic carbocycles. The summed E-state index contributed by atoms with van der Waals surface area (Å²) >= 11 is 0. The molecular formula is C17H23N5O2. The summed E-state index contributed by atoms with van der Waals surface area (Å²) in [6, 6.07) is 7.54. The molecule has 0 unspecified atom stereocenters. The Hall–Kier alpha value is -2.54. The topological polar surface area (TPSA) is 82.3 Å². The molecular weight excluding hydrogens is 306 g/mol. The molecule has 0 saturated carbocycles. The first-order valence-electron chi connectivity index (χ1n) is 8.27. The maximum absolute atomic E-state index is 11.7. The van der Waals surface area contributed by atoms with E-state index >= 15 is 0 Å². The van der Waals surface area contributed by atoms with Crippen LogP contribution in [0.15, 0.2) is 36.7 Å². The van der Waals surface area contributed by atoms with Gasteiger partial charge in [0.2, 0.25) is 0 Å². The lowest BCUT2D eigenvalue weighted by molar-refractivity contribution is 0.238. The molecule has 2 heterocycles. The Bertz CT molecular complexity index is 621. The summed E-state index contributed by atoms with van der Waals surface area (Å²) in [5.74, 6) is 0.862. The zero-order chi connectivity index (χ0) is 16.6. The van der Waals surface area contributed by atoms with Gasteiger partial charge in [-0.2, -0.15) is 5.10 Å². The van der Waals surface area contributed by atoms with Crippen molar-refractivity contribution in [2.24, 2.45) is 0 Å². The summed E-state index contributed by atoms with van der Waals surface area (Å²) in [4.78, 5) is 14.2. The number of carbonyl (C=O) groups excluding carboxylic acids is 1. The maximum Gasteiger partial charge on any atom is 0.319 e. The normalized spacial score (nSPS) is 14.5. The van der Waals surface area contributed by atoms with Crippen molar-refractivity contribution in [1.29, 1.82) is 0 Å². The number of aromatic amines is 1. The predicted molar refractivity (Wildman–Crippen MR) is 92.1 cm³/mol. The monoisotopic (exact) mass is 329 g/mol. The highest BCUT2D eigenvalue weighted by Crippen LogP contribution is 2.13. The van der Waals surface area contributed by atoms with Gasteiger partial charge in [-0.05, 0) is 43.6 Å². The van der Waals surface area contributed by atoms with Gasteiger partial charge in [0, 0.05) is 19.3 Å². The van der Waals surface area contributed by atoms with E-state index in [9.17, 15) is 4.79 Å². The van der Waals surface area contributed by atoms with Crippen LogP contribution < -0.4 is 15.4 Å². The van der Waals surface area contributed by atoms with E-state index in [-0.39, 0.29) is 6.03 Å². The van der Waals surface area contributed by atoms with Crippen LogP contribution in [-0.4, -0.2) is 47.4 Å². The van der Waals surface area contributed by atoms with Crippen molar-refractivity contribution in [2.75, 3.05) is 31.6 Å². The molecule has 24 heavy (non-hydrogen) atoms. The molecule has 0 bridgehead atoms. The molecule has 2 aromatic rings.